The summed E-state index contributed by atoms with van der Waals surface area (Å²) in [5.74, 6) is 0.957. The van der Waals surface area contributed by atoms with Gasteiger partial charge in [0.05, 0.1) is 0 Å². The second-order valence-electron chi connectivity index (χ2n) is 3.61. The summed E-state index contributed by atoms with van der Waals surface area (Å²) in [4.78, 5) is 2.51. The Kier molecular flexibility index (Phi) is 1.66. The summed E-state index contributed by atoms with van der Waals surface area (Å²) in [5, 5.41) is 3.45. The molecule has 0 amide bonds. The topological polar surface area (TPSA) is 15.3 Å². The minimum atomic E-state index is 0.855. The van der Waals surface area contributed by atoms with Gasteiger partial charge in [0, 0.05) is 12.6 Å². The fourth-order valence-corrected chi connectivity index (χ4v) is 2.30. The Balaban J connectivity index is 2.03. The highest BCUT2D eigenvalue weighted by molar-refractivity contribution is 4.90. The van der Waals surface area contributed by atoms with Crippen molar-refractivity contribution in [3.8, 4) is 0 Å². The van der Waals surface area contributed by atoms with E-state index in [4.69, 9.17) is 0 Å². The molecule has 2 aliphatic heterocycles. The molecule has 0 aliphatic carbocycles. The minimum absolute atomic E-state index is 0.855. The largest absolute Gasteiger partial charge is 0.315 e. The zero-order valence-corrected chi connectivity index (χ0v) is 6.64. The standard InChI is InChI=1S/C8H16N2/c1-10-4-2-3-7-5-9-6-8(7)10/h7-9H,2-6H2,1H3/t7-,8-/m1/s1. The van der Waals surface area contributed by atoms with Gasteiger partial charge in [0.25, 0.3) is 0 Å². The summed E-state index contributed by atoms with van der Waals surface area (Å²) in [6.45, 7) is 3.79. The highest BCUT2D eigenvalue weighted by Gasteiger charge is 2.32. The van der Waals surface area contributed by atoms with E-state index in [1.165, 1.54) is 32.5 Å². The maximum Gasteiger partial charge on any atom is 0.0257 e. The number of hydrogen-bond donors (Lipinski definition) is 1. The Labute approximate surface area is 62.6 Å². The van der Waals surface area contributed by atoms with E-state index in [1.54, 1.807) is 0 Å². The van der Waals surface area contributed by atoms with Crippen molar-refractivity contribution in [1.29, 1.82) is 0 Å². The van der Waals surface area contributed by atoms with Gasteiger partial charge in [0.1, 0.15) is 0 Å². The molecule has 2 heteroatoms. The molecule has 2 atom stereocenters. The van der Waals surface area contributed by atoms with Crippen LogP contribution in [0.15, 0.2) is 0 Å². The molecule has 2 saturated heterocycles. The summed E-state index contributed by atoms with van der Waals surface area (Å²) in [5.41, 5.74) is 0. The number of likely N-dealkylation sites (N-methyl/N-ethyl adjacent to an activating group) is 1. The van der Waals surface area contributed by atoms with Gasteiger partial charge in [0.2, 0.25) is 0 Å². The molecule has 0 aromatic rings. The van der Waals surface area contributed by atoms with Gasteiger partial charge >= 0.3 is 0 Å². The van der Waals surface area contributed by atoms with E-state index in [0.29, 0.717) is 0 Å². The van der Waals surface area contributed by atoms with Crippen molar-refractivity contribution in [3.63, 3.8) is 0 Å². The fourth-order valence-electron chi connectivity index (χ4n) is 2.30. The summed E-state index contributed by atoms with van der Waals surface area (Å²) in [7, 11) is 2.25. The highest BCUT2D eigenvalue weighted by Crippen LogP contribution is 2.24. The predicted octanol–water partition coefficient (Wildman–Crippen LogP) is 0.300. The van der Waals surface area contributed by atoms with Crippen molar-refractivity contribution in [3.05, 3.63) is 0 Å². The molecule has 2 rings (SSSR count). The Bertz CT molecular complexity index is 124. The molecule has 2 nitrogen and oxygen atoms in total. The molecule has 0 aromatic carbocycles. The number of fused-ring (bicyclic) bond motifs is 1. The first-order valence-corrected chi connectivity index (χ1v) is 4.29. The summed E-state index contributed by atoms with van der Waals surface area (Å²) in [6, 6.07) is 0.855. The van der Waals surface area contributed by atoms with Crippen LogP contribution < -0.4 is 5.32 Å². The van der Waals surface area contributed by atoms with Gasteiger partial charge in [0.15, 0.2) is 0 Å². The van der Waals surface area contributed by atoms with Crippen LogP contribution in [-0.2, 0) is 0 Å². The van der Waals surface area contributed by atoms with Gasteiger partial charge in [-0.15, -0.1) is 0 Å². The molecule has 2 heterocycles. The summed E-state index contributed by atoms with van der Waals surface area (Å²) >= 11 is 0. The van der Waals surface area contributed by atoms with Crippen LogP contribution in [0.4, 0.5) is 0 Å². The monoisotopic (exact) mass is 140 g/mol. The number of hydrogen-bond acceptors (Lipinski definition) is 2. The molecular weight excluding hydrogens is 124 g/mol. The summed E-state index contributed by atoms with van der Waals surface area (Å²) < 4.78 is 0. The Hall–Kier alpha value is -0.0800. The van der Waals surface area contributed by atoms with Crippen LogP contribution in [0.1, 0.15) is 12.8 Å². The molecule has 0 radical (unpaired) electrons. The lowest BCUT2D eigenvalue weighted by molar-refractivity contribution is 0.158. The van der Waals surface area contributed by atoms with Gasteiger partial charge in [-0.25, -0.2) is 0 Å². The number of likely N-dealkylation sites (tertiary alicyclic amines) is 1. The molecule has 10 heavy (non-hydrogen) atoms. The maximum atomic E-state index is 3.45. The SMILES string of the molecule is CN1CCC[C@@H]2CNC[C@H]21. The minimum Gasteiger partial charge on any atom is -0.315 e. The summed E-state index contributed by atoms with van der Waals surface area (Å²) in [6.07, 6.45) is 2.85. The third-order valence-electron chi connectivity index (χ3n) is 2.96. The van der Waals surface area contributed by atoms with E-state index in [0.717, 1.165) is 12.0 Å². The quantitative estimate of drug-likeness (QED) is 0.520. The van der Waals surface area contributed by atoms with Crippen molar-refractivity contribution in [2.24, 2.45) is 5.92 Å². The van der Waals surface area contributed by atoms with Gasteiger partial charge < -0.3 is 10.2 Å². The third-order valence-corrected chi connectivity index (χ3v) is 2.96. The normalized spacial score (nSPS) is 41.7. The number of nitrogens with one attached hydrogen (secondary N) is 1. The maximum absolute atomic E-state index is 3.45. The number of rotatable bonds is 0. The fraction of sp³-hybridized carbons (Fsp3) is 1.00. The van der Waals surface area contributed by atoms with E-state index >= 15 is 0 Å². The molecule has 0 bridgehead atoms. The van der Waals surface area contributed by atoms with E-state index in [2.05, 4.69) is 17.3 Å². The number of nitrogens with zero attached hydrogens (tertiary/aromatic N) is 1. The Morgan fingerprint density at radius 2 is 2.30 bits per heavy atom. The van der Waals surface area contributed by atoms with Gasteiger partial charge in [-0.05, 0) is 38.9 Å². The average Bonchev–Trinajstić information content (AvgIpc) is 2.36. The van der Waals surface area contributed by atoms with E-state index in [9.17, 15) is 0 Å². The first-order valence-electron chi connectivity index (χ1n) is 4.29. The molecule has 0 unspecified atom stereocenters. The van der Waals surface area contributed by atoms with Gasteiger partial charge in [-0.1, -0.05) is 0 Å². The van der Waals surface area contributed by atoms with Gasteiger partial charge in [-0.2, -0.15) is 0 Å². The average molecular weight is 140 g/mol. The van der Waals surface area contributed by atoms with Crippen molar-refractivity contribution in [1.82, 2.24) is 10.2 Å². The van der Waals surface area contributed by atoms with Gasteiger partial charge in [-0.3, -0.25) is 0 Å². The van der Waals surface area contributed by atoms with Crippen LogP contribution in [0.5, 0.6) is 0 Å². The second-order valence-corrected chi connectivity index (χ2v) is 3.61. The van der Waals surface area contributed by atoms with Crippen molar-refractivity contribution in [2.45, 2.75) is 18.9 Å². The molecule has 1 N–H and O–H groups in total. The van der Waals surface area contributed by atoms with Crippen LogP contribution in [0.25, 0.3) is 0 Å². The Morgan fingerprint density at radius 1 is 1.40 bits per heavy atom. The molecule has 0 saturated carbocycles. The van der Waals surface area contributed by atoms with Crippen LogP contribution in [0, 0.1) is 5.92 Å². The van der Waals surface area contributed by atoms with Crippen molar-refractivity contribution < 1.29 is 0 Å². The molecule has 2 fully saturated rings. The smallest absolute Gasteiger partial charge is 0.0257 e. The molecule has 2 aliphatic rings. The highest BCUT2D eigenvalue weighted by atomic mass is 15.2. The first-order chi connectivity index (χ1) is 4.88. The van der Waals surface area contributed by atoms with E-state index in [1.807, 2.05) is 0 Å². The van der Waals surface area contributed by atoms with E-state index in [-0.39, 0.29) is 0 Å². The molecule has 58 valence electrons. The predicted molar refractivity (Wildman–Crippen MR) is 42.0 cm³/mol. The lowest BCUT2D eigenvalue weighted by Crippen LogP contribution is -2.42. The lowest BCUT2D eigenvalue weighted by atomic mass is 9.93. The zero-order valence-electron chi connectivity index (χ0n) is 6.64. The van der Waals surface area contributed by atoms with Crippen molar-refractivity contribution >= 4 is 0 Å². The van der Waals surface area contributed by atoms with E-state index < -0.39 is 0 Å². The molecule has 0 spiro atoms. The molecule has 0 aromatic heterocycles. The zero-order chi connectivity index (χ0) is 6.97. The van der Waals surface area contributed by atoms with Crippen LogP contribution in [0.2, 0.25) is 0 Å². The van der Waals surface area contributed by atoms with Crippen molar-refractivity contribution in [2.75, 3.05) is 26.7 Å². The number of piperidine rings is 1. The van der Waals surface area contributed by atoms with Crippen LogP contribution in [-0.4, -0.2) is 37.6 Å². The first kappa shape index (κ1) is 6.62. The lowest BCUT2D eigenvalue weighted by Gasteiger charge is -2.33. The second kappa shape index (κ2) is 2.51. The van der Waals surface area contributed by atoms with Crippen LogP contribution >= 0.6 is 0 Å². The third kappa shape index (κ3) is 0.956. The molecular formula is C8H16N2. The van der Waals surface area contributed by atoms with Crippen LogP contribution in [0.3, 0.4) is 0 Å². The Morgan fingerprint density at radius 3 is 3.10 bits per heavy atom.